The van der Waals surface area contributed by atoms with E-state index in [9.17, 15) is 9.59 Å². The van der Waals surface area contributed by atoms with Gasteiger partial charge in [-0.05, 0) is 48.5 Å². The van der Waals surface area contributed by atoms with E-state index in [0.717, 1.165) is 50.4 Å². The van der Waals surface area contributed by atoms with Crippen molar-refractivity contribution in [3.05, 3.63) is 51.7 Å². The van der Waals surface area contributed by atoms with Gasteiger partial charge in [0.1, 0.15) is 0 Å². The summed E-state index contributed by atoms with van der Waals surface area (Å²) in [4.78, 5) is 32.9. The Bertz CT molecular complexity index is 924. The zero-order valence-corrected chi connectivity index (χ0v) is 19.8. The molecule has 2 aromatic rings. The molecule has 1 aromatic carbocycles. The Hall–Kier alpha value is -2.42. The molecule has 3 heterocycles. The normalized spacial score (nSPS) is 18.1. The number of hydrogen-bond donors (Lipinski definition) is 2. The van der Waals surface area contributed by atoms with Crippen LogP contribution in [0.2, 0.25) is 0 Å². The lowest BCUT2D eigenvalue weighted by Crippen LogP contribution is -2.49. The highest BCUT2D eigenvalue weighted by Crippen LogP contribution is 2.31. The number of hydrogen-bond acceptors (Lipinski definition) is 6. The van der Waals surface area contributed by atoms with Crippen LogP contribution in [0.3, 0.4) is 0 Å². The van der Waals surface area contributed by atoms with Crippen molar-refractivity contribution in [3.63, 3.8) is 0 Å². The summed E-state index contributed by atoms with van der Waals surface area (Å²) < 4.78 is 0. The summed E-state index contributed by atoms with van der Waals surface area (Å²) in [7, 11) is 4.28. The molecule has 0 radical (unpaired) electrons. The Balaban J connectivity index is 1.44. The SMILES string of the molecule is CN1CCN([C@H](CNC(=O)C(=O)NCc2cccs2)c2ccc3c(c2)CCCN3C)CC1. The first-order valence-corrected chi connectivity index (χ1v) is 12.2. The molecule has 1 aromatic heterocycles. The number of anilines is 1. The maximum Gasteiger partial charge on any atom is 0.309 e. The van der Waals surface area contributed by atoms with E-state index < -0.39 is 11.8 Å². The number of carbonyl (C=O) groups excluding carboxylic acids is 2. The van der Waals surface area contributed by atoms with Gasteiger partial charge in [-0.3, -0.25) is 14.5 Å². The number of fused-ring (bicyclic) bond motifs is 1. The predicted octanol–water partition coefficient (Wildman–Crippen LogP) is 1.85. The Labute approximate surface area is 194 Å². The molecule has 2 aliphatic heterocycles. The van der Waals surface area contributed by atoms with E-state index in [1.165, 1.54) is 16.8 Å². The van der Waals surface area contributed by atoms with Crippen LogP contribution >= 0.6 is 11.3 Å². The molecule has 4 rings (SSSR count). The zero-order valence-electron chi connectivity index (χ0n) is 19.0. The number of benzene rings is 1. The van der Waals surface area contributed by atoms with Gasteiger partial charge in [0.05, 0.1) is 12.6 Å². The lowest BCUT2D eigenvalue weighted by Gasteiger charge is -2.39. The van der Waals surface area contributed by atoms with Crippen molar-refractivity contribution >= 4 is 28.8 Å². The van der Waals surface area contributed by atoms with Crippen molar-refractivity contribution in [2.75, 3.05) is 58.3 Å². The highest BCUT2D eigenvalue weighted by molar-refractivity contribution is 7.09. The minimum atomic E-state index is -0.581. The Morgan fingerprint density at radius 1 is 1.03 bits per heavy atom. The second kappa shape index (κ2) is 10.5. The van der Waals surface area contributed by atoms with Gasteiger partial charge >= 0.3 is 11.8 Å². The molecule has 32 heavy (non-hydrogen) atoms. The van der Waals surface area contributed by atoms with E-state index in [0.29, 0.717) is 13.1 Å². The molecule has 0 spiro atoms. The fourth-order valence-electron chi connectivity index (χ4n) is 4.53. The van der Waals surface area contributed by atoms with Crippen molar-refractivity contribution in [2.24, 2.45) is 0 Å². The molecule has 0 aliphatic carbocycles. The van der Waals surface area contributed by atoms with Crippen LogP contribution in [0.15, 0.2) is 35.7 Å². The summed E-state index contributed by atoms with van der Waals surface area (Å²) in [6, 6.07) is 10.6. The summed E-state index contributed by atoms with van der Waals surface area (Å²) in [5.74, 6) is -1.15. The van der Waals surface area contributed by atoms with Crippen LogP contribution in [0.1, 0.15) is 28.5 Å². The Morgan fingerprint density at radius 3 is 2.56 bits per heavy atom. The minimum Gasteiger partial charge on any atom is -0.374 e. The molecule has 172 valence electrons. The molecule has 8 heteroatoms. The van der Waals surface area contributed by atoms with Crippen molar-refractivity contribution in [3.8, 4) is 0 Å². The molecule has 1 saturated heterocycles. The molecule has 0 unspecified atom stereocenters. The van der Waals surface area contributed by atoms with Crippen LogP contribution in [-0.4, -0.2) is 75.0 Å². The van der Waals surface area contributed by atoms with Gasteiger partial charge in [-0.25, -0.2) is 0 Å². The van der Waals surface area contributed by atoms with Crippen molar-refractivity contribution in [2.45, 2.75) is 25.4 Å². The lowest BCUT2D eigenvalue weighted by atomic mass is 9.95. The highest BCUT2D eigenvalue weighted by atomic mass is 32.1. The van der Waals surface area contributed by atoms with E-state index in [4.69, 9.17) is 0 Å². The first kappa shape index (κ1) is 22.8. The van der Waals surface area contributed by atoms with E-state index in [1.807, 2.05) is 17.5 Å². The Morgan fingerprint density at radius 2 is 1.81 bits per heavy atom. The number of thiophene rings is 1. The zero-order chi connectivity index (χ0) is 22.5. The molecule has 1 atom stereocenters. The van der Waals surface area contributed by atoms with E-state index in [1.54, 1.807) is 11.3 Å². The summed E-state index contributed by atoms with van der Waals surface area (Å²) in [5.41, 5.74) is 3.88. The van der Waals surface area contributed by atoms with Gasteiger partial charge in [0.25, 0.3) is 0 Å². The van der Waals surface area contributed by atoms with Gasteiger partial charge in [0.15, 0.2) is 0 Å². The molecule has 0 saturated carbocycles. The Kier molecular flexibility index (Phi) is 7.44. The lowest BCUT2D eigenvalue weighted by molar-refractivity contribution is -0.139. The smallest absolute Gasteiger partial charge is 0.309 e. The van der Waals surface area contributed by atoms with Crippen LogP contribution in [0.25, 0.3) is 0 Å². The van der Waals surface area contributed by atoms with Gasteiger partial charge in [0, 0.05) is 56.9 Å². The summed E-state index contributed by atoms with van der Waals surface area (Å²) >= 11 is 1.56. The van der Waals surface area contributed by atoms with E-state index >= 15 is 0 Å². The number of nitrogens with zero attached hydrogens (tertiary/aromatic N) is 3. The highest BCUT2D eigenvalue weighted by Gasteiger charge is 2.26. The van der Waals surface area contributed by atoms with Gasteiger partial charge in [-0.1, -0.05) is 18.2 Å². The van der Waals surface area contributed by atoms with Gasteiger partial charge < -0.3 is 20.4 Å². The molecule has 7 nitrogen and oxygen atoms in total. The van der Waals surface area contributed by atoms with Crippen LogP contribution in [-0.2, 0) is 22.6 Å². The number of carbonyl (C=O) groups is 2. The van der Waals surface area contributed by atoms with Gasteiger partial charge in [-0.2, -0.15) is 0 Å². The molecular weight excluding hydrogens is 422 g/mol. The van der Waals surface area contributed by atoms with Crippen LogP contribution in [0, 0.1) is 0 Å². The number of nitrogens with one attached hydrogen (secondary N) is 2. The second-order valence-corrected chi connectivity index (χ2v) is 9.77. The number of rotatable bonds is 6. The minimum absolute atomic E-state index is 0.0512. The molecule has 1 fully saturated rings. The number of amides is 2. The van der Waals surface area contributed by atoms with Gasteiger partial charge in [0.2, 0.25) is 0 Å². The largest absolute Gasteiger partial charge is 0.374 e. The molecule has 2 aliphatic rings. The summed E-state index contributed by atoms with van der Waals surface area (Å²) in [5, 5.41) is 7.57. The molecule has 2 amide bonds. The standard InChI is InChI=1S/C24H33N5O2S/c1-27-10-12-29(13-11-27)22(19-7-8-21-18(15-19)5-3-9-28(21)2)17-26-24(31)23(30)25-16-20-6-4-14-32-20/h4,6-8,14-15,22H,3,5,9-13,16-17H2,1-2H3,(H,25,30)(H,26,31)/t22-/m1/s1. The fraction of sp³-hybridized carbons (Fsp3) is 0.500. The predicted molar refractivity (Wildman–Crippen MR) is 129 cm³/mol. The average molecular weight is 456 g/mol. The van der Waals surface area contributed by atoms with E-state index in [-0.39, 0.29) is 6.04 Å². The molecule has 2 N–H and O–H groups in total. The molecule has 0 bridgehead atoms. The second-order valence-electron chi connectivity index (χ2n) is 8.74. The maximum absolute atomic E-state index is 12.5. The van der Waals surface area contributed by atoms with Crippen molar-refractivity contribution in [1.29, 1.82) is 0 Å². The number of piperazine rings is 1. The fourth-order valence-corrected chi connectivity index (χ4v) is 5.18. The maximum atomic E-state index is 12.5. The number of aryl methyl sites for hydroxylation is 1. The van der Waals surface area contributed by atoms with Crippen LogP contribution < -0.4 is 15.5 Å². The third-order valence-corrected chi connectivity index (χ3v) is 7.36. The third-order valence-electron chi connectivity index (χ3n) is 6.48. The summed E-state index contributed by atoms with van der Waals surface area (Å²) in [6.45, 7) is 5.77. The quantitative estimate of drug-likeness (QED) is 0.651. The monoisotopic (exact) mass is 455 g/mol. The molecular formula is C24H33N5O2S. The first-order valence-electron chi connectivity index (χ1n) is 11.4. The first-order chi connectivity index (χ1) is 15.5. The van der Waals surface area contributed by atoms with E-state index in [2.05, 4.69) is 57.6 Å². The average Bonchev–Trinajstić information content (AvgIpc) is 3.32. The van der Waals surface area contributed by atoms with Gasteiger partial charge in [-0.15, -0.1) is 11.3 Å². The van der Waals surface area contributed by atoms with Crippen molar-refractivity contribution < 1.29 is 9.59 Å². The topological polar surface area (TPSA) is 67.9 Å². The number of likely N-dealkylation sites (N-methyl/N-ethyl adjacent to an activating group) is 1. The van der Waals surface area contributed by atoms with Crippen molar-refractivity contribution in [1.82, 2.24) is 20.4 Å². The van der Waals surface area contributed by atoms with Crippen LogP contribution in [0.4, 0.5) is 5.69 Å². The third kappa shape index (κ3) is 5.49. The van der Waals surface area contributed by atoms with Crippen LogP contribution in [0.5, 0.6) is 0 Å². The summed E-state index contributed by atoms with van der Waals surface area (Å²) in [6.07, 6.45) is 2.24.